The van der Waals surface area contributed by atoms with Crippen LogP contribution >= 0.6 is 0 Å². The second kappa shape index (κ2) is 13.8. The first kappa shape index (κ1) is 40.7. The Hall–Kier alpha value is -3.48. The van der Waals surface area contributed by atoms with E-state index >= 15 is 0 Å². The molecule has 4 saturated carbocycles. The van der Waals surface area contributed by atoms with E-state index in [1.807, 2.05) is 0 Å². The number of nitriles is 1. The molecule has 7 rings (SSSR count). The van der Waals surface area contributed by atoms with E-state index in [4.69, 9.17) is 4.74 Å². The van der Waals surface area contributed by atoms with Gasteiger partial charge < -0.3 is 25.4 Å². The Morgan fingerprint density at radius 3 is 2.39 bits per heavy atom. The van der Waals surface area contributed by atoms with Crippen LogP contribution in [0.15, 0.2) is 53.8 Å². The number of aliphatic hydroxyl groups is 1. The van der Waals surface area contributed by atoms with Crippen molar-refractivity contribution in [2.24, 2.45) is 56.7 Å². The topological polar surface area (TPSA) is 153 Å². The van der Waals surface area contributed by atoms with E-state index in [0.29, 0.717) is 54.4 Å². The molecule has 11 atom stereocenters. The van der Waals surface area contributed by atoms with Crippen molar-refractivity contribution in [1.29, 1.82) is 5.26 Å². The lowest BCUT2D eigenvalue weighted by Gasteiger charge is -2.72. The van der Waals surface area contributed by atoms with Crippen LogP contribution in [-0.4, -0.2) is 56.5 Å². The highest BCUT2D eigenvalue weighted by atomic mass is 16.5. The van der Waals surface area contributed by atoms with Gasteiger partial charge >= 0.3 is 11.9 Å². The molecule has 1 aromatic rings. The lowest BCUT2D eigenvalue weighted by Crippen LogP contribution is -2.68. The third-order valence-corrected chi connectivity index (χ3v) is 17.7. The van der Waals surface area contributed by atoms with Crippen molar-refractivity contribution >= 4 is 11.9 Å². The summed E-state index contributed by atoms with van der Waals surface area (Å²) in [5.74, 6) is 0.406. The van der Waals surface area contributed by atoms with E-state index in [2.05, 4.69) is 76.6 Å². The molecule has 4 fully saturated rings. The second-order valence-corrected chi connectivity index (χ2v) is 20.6. The first-order valence-corrected chi connectivity index (χ1v) is 21.2. The minimum atomic E-state index is -1.82. The van der Waals surface area contributed by atoms with Crippen molar-refractivity contribution in [3.8, 4) is 11.9 Å². The number of fused-ring (bicyclic) bond motifs is 7. The van der Waals surface area contributed by atoms with Crippen LogP contribution in [0.25, 0.3) is 0 Å². The van der Waals surface area contributed by atoms with Gasteiger partial charge in [0.1, 0.15) is 23.7 Å². The minimum Gasteiger partial charge on any atom is -0.481 e. The molecule has 1 aromatic heterocycles. The van der Waals surface area contributed by atoms with Gasteiger partial charge in [-0.15, -0.1) is 0 Å². The average molecular weight is 768 g/mol. The van der Waals surface area contributed by atoms with Gasteiger partial charge in [0.2, 0.25) is 5.88 Å². The zero-order valence-electron chi connectivity index (χ0n) is 34.8. The standard InChI is InChI=1S/C47H65N3O6/c1-29(2)32-15-22-47(50-27-45(8,55)39(51)52)24-23-43(6)34(37(32)47)11-12-36-42(5)18-16-33(41(3,4)35(42)17-19-44(36,43)7)30-13-20-46(21-14-30,40(53)54)28-56-38-31(26-48)10-9-25-49-38/h9-10,13,16,25,32,34-37,50,55H,1,11-12,14-15,17-24,27-28H2,2-8H3,(H,51,52)(H,53,54)/t32-,34+,35-,36+,37+,42-,43+,44+,45?,46-,47-/m0/s1. The number of carboxylic acids is 2. The van der Waals surface area contributed by atoms with Crippen LogP contribution in [0.1, 0.15) is 131 Å². The van der Waals surface area contributed by atoms with E-state index in [-0.39, 0.29) is 46.2 Å². The maximum absolute atomic E-state index is 12.8. The Balaban J connectivity index is 1.14. The minimum absolute atomic E-state index is 0.0325. The lowest BCUT2D eigenvalue weighted by molar-refractivity contribution is -0.221. The van der Waals surface area contributed by atoms with Gasteiger partial charge in [-0.3, -0.25) is 4.79 Å². The normalized spacial score (nSPS) is 40.9. The second-order valence-electron chi connectivity index (χ2n) is 20.6. The molecule has 0 amide bonds. The van der Waals surface area contributed by atoms with Crippen molar-refractivity contribution in [3.05, 3.63) is 59.3 Å². The SMILES string of the molecule is C=C(C)[C@@H]1CC[C@]2(NCC(C)(O)C(=O)O)CC[C@]3(C)[C@H](CC[C@@H]4[C@@]5(C)CC=C(C6=CC[C@](COc7ncccc7C#N)(C(=O)O)CC6)C(C)(C)[C@@H]5CC[C@]43C)[C@@H]12. The fourth-order valence-electron chi connectivity index (χ4n) is 14.4. The Morgan fingerprint density at radius 1 is 1.00 bits per heavy atom. The summed E-state index contributed by atoms with van der Waals surface area (Å²) in [5.41, 5.74) is 1.43. The number of allylic oxidation sites excluding steroid dienone is 5. The molecule has 0 radical (unpaired) electrons. The quantitative estimate of drug-likeness (QED) is 0.171. The van der Waals surface area contributed by atoms with Crippen molar-refractivity contribution in [2.75, 3.05) is 13.2 Å². The fraction of sp³-hybridized carbons (Fsp3) is 0.702. The van der Waals surface area contributed by atoms with Crippen LogP contribution in [0.3, 0.4) is 0 Å². The van der Waals surface area contributed by atoms with Gasteiger partial charge in [0.25, 0.3) is 0 Å². The van der Waals surface area contributed by atoms with E-state index in [9.17, 15) is 30.2 Å². The van der Waals surface area contributed by atoms with Gasteiger partial charge in [-0.05, 0) is 165 Å². The molecule has 0 spiro atoms. The number of carboxylic acid groups (broad SMARTS) is 2. The zero-order chi connectivity index (χ0) is 40.7. The van der Waals surface area contributed by atoms with Crippen LogP contribution < -0.4 is 10.1 Å². The molecule has 4 N–H and O–H groups in total. The molecule has 9 heteroatoms. The molecule has 1 heterocycles. The smallest absolute Gasteiger partial charge is 0.336 e. The largest absolute Gasteiger partial charge is 0.481 e. The molecule has 6 aliphatic carbocycles. The number of aliphatic carboxylic acids is 2. The van der Waals surface area contributed by atoms with Crippen LogP contribution in [0, 0.1) is 68.0 Å². The maximum Gasteiger partial charge on any atom is 0.336 e. The molecular weight excluding hydrogens is 703 g/mol. The summed E-state index contributed by atoms with van der Waals surface area (Å²) in [6.45, 7) is 20.8. The summed E-state index contributed by atoms with van der Waals surface area (Å²) in [4.78, 5) is 28.9. The van der Waals surface area contributed by atoms with Gasteiger partial charge in [-0.2, -0.15) is 5.26 Å². The van der Waals surface area contributed by atoms with Gasteiger partial charge in [-0.25, -0.2) is 9.78 Å². The number of nitrogens with one attached hydrogen (secondary N) is 1. The van der Waals surface area contributed by atoms with E-state index < -0.39 is 23.0 Å². The highest BCUT2D eigenvalue weighted by Crippen LogP contribution is 2.76. The molecule has 0 saturated heterocycles. The number of hydrogen-bond donors (Lipinski definition) is 4. The molecular formula is C47H65N3O6. The van der Waals surface area contributed by atoms with Gasteiger partial charge in [0, 0.05) is 18.3 Å². The van der Waals surface area contributed by atoms with Crippen LogP contribution in [-0.2, 0) is 9.59 Å². The molecule has 0 aromatic carbocycles. The van der Waals surface area contributed by atoms with Gasteiger partial charge in [0.15, 0.2) is 5.60 Å². The number of nitrogens with zero attached hydrogens (tertiary/aromatic N) is 2. The molecule has 0 bridgehead atoms. The number of rotatable bonds is 10. The summed E-state index contributed by atoms with van der Waals surface area (Å²) in [5, 5.41) is 44.2. The number of carbonyl (C=O) groups is 2. The number of ether oxygens (including phenoxy) is 1. The van der Waals surface area contributed by atoms with E-state index in [0.717, 1.165) is 44.9 Å². The fourth-order valence-corrected chi connectivity index (χ4v) is 14.4. The van der Waals surface area contributed by atoms with Crippen molar-refractivity contribution in [2.45, 2.75) is 137 Å². The van der Waals surface area contributed by atoms with E-state index in [1.54, 1.807) is 18.3 Å². The first-order valence-electron chi connectivity index (χ1n) is 21.2. The number of pyridine rings is 1. The molecule has 56 heavy (non-hydrogen) atoms. The van der Waals surface area contributed by atoms with Crippen molar-refractivity contribution < 1.29 is 29.6 Å². The Morgan fingerprint density at radius 2 is 1.75 bits per heavy atom. The highest BCUT2D eigenvalue weighted by Gasteiger charge is 2.70. The summed E-state index contributed by atoms with van der Waals surface area (Å²) in [6.07, 6.45) is 17.6. The Kier molecular flexibility index (Phi) is 10.1. The van der Waals surface area contributed by atoms with E-state index in [1.165, 1.54) is 36.5 Å². The van der Waals surface area contributed by atoms with Crippen molar-refractivity contribution in [3.63, 3.8) is 0 Å². The third kappa shape index (κ3) is 6.01. The lowest BCUT2D eigenvalue weighted by atomic mass is 9.33. The molecule has 0 aliphatic heterocycles. The van der Waals surface area contributed by atoms with Crippen LogP contribution in [0.5, 0.6) is 5.88 Å². The summed E-state index contributed by atoms with van der Waals surface area (Å²) in [7, 11) is 0. The number of aromatic nitrogens is 1. The molecule has 304 valence electrons. The first-order chi connectivity index (χ1) is 26.2. The molecule has 6 aliphatic rings. The van der Waals surface area contributed by atoms with Crippen LogP contribution in [0.4, 0.5) is 0 Å². The van der Waals surface area contributed by atoms with Gasteiger partial charge in [-0.1, -0.05) is 58.9 Å². The predicted octanol–water partition coefficient (Wildman–Crippen LogP) is 8.88. The highest BCUT2D eigenvalue weighted by molar-refractivity contribution is 5.77. The number of hydrogen-bond acceptors (Lipinski definition) is 7. The van der Waals surface area contributed by atoms with Crippen LogP contribution in [0.2, 0.25) is 0 Å². The summed E-state index contributed by atoms with van der Waals surface area (Å²) >= 11 is 0. The average Bonchev–Trinajstić information content (AvgIpc) is 3.54. The predicted molar refractivity (Wildman–Crippen MR) is 215 cm³/mol. The number of β-amino-alcohol motifs (C(OH)–C–C–N with tert-alkyl or cyclic N) is 1. The monoisotopic (exact) mass is 767 g/mol. The van der Waals surface area contributed by atoms with Gasteiger partial charge in [0.05, 0.1) is 0 Å². The van der Waals surface area contributed by atoms with Crippen molar-refractivity contribution in [1.82, 2.24) is 10.3 Å². The zero-order valence-corrected chi connectivity index (χ0v) is 34.8. The third-order valence-electron chi connectivity index (χ3n) is 17.7. The molecule has 1 unspecified atom stereocenters. The summed E-state index contributed by atoms with van der Waals surface area (Å²) in [6, 6.07) is 5.39. The Labute approximate surface area is 334 Å². The Bertz CT molecular complexity index is 1890. The summed E-state index contributed by atoms with van der Waals surface area (Å²) < 4.78 is 5.93. The maximum atomic E-state index is 12.8. The molecule has 9 nitrogen and oxygen atoms in total.